The smallest absolute Gasteiger partial charge is 0.272 e. The summed E-state index contributed by atoms with van der Waals surface area (Å²) in [6.07, 6.45) is 4.05. The van der Waals surface area contributed by atoms with Crippen molar-refractivity contribution >= 4 is 18.2 Å². The Kier molecular flexibility index (Phi) is 1.79. The maximum absolute atomic E-state index is 11.3. The molecule has 0 atom stereocenters. The summed E-state index contributed by atoms with van der Waals surface area (Å²) in [5.41, 5.74) is 0. The molecule has 2 rings (SSSR count). The van der Waals surface area contributed by atoms with E-state index >= 15 is 0 Å². The second kappa shape index (κ2) is 2.83. The summed E-state index contributed by atoms with van der Waals surface area (Å²) in [5, 5.41) is 5.17. The zero-order chi connectivity index (χ0) is 9.42. The summed E-state index contributed by atoms with van der Waals surface area (Å²) in [4.78, 5) is 23.4. The third kappa shape index (κ3) is 1.54. The van der Waals surface area contributed by atoms with Crippen molar-refractivity contribution < 1.29 is 9.59 Å². The van der Waals surface area contributed by atoms with Crippen molar-refractivity contribution in [3.05, 3.63) is 0 Å². The molecule has 5 heteroatoms. The van der Waals surface area contributed by atoms with E-state index in [2.05, 4.69) is 5.10 Å². The molecule has 0 unspecified atom stereocenters. The number of hydrazone groups is 1. The number of urea groups is 1. The third-order valence-corrected chi connectivity index (χ3v) is 2.21. The van der Waals surface area contributed by atoms with Gasteiger partial charge in [0, 0.05) is 13.3 Å². The van der Waals surface area contributed by atoms with E-state index in [9.17, 15) is 9.59 Å². The molecule has 0 N–H and O–H groups in total. The van der Waals surface area contributed by atoms with Crippen molar-refractivity contribution in [1.82, 2.24) is 9.91 Å². The van der Waals surface area contributed by atoms with Gasteiger partial charge in [-0.1, -0.05) is 0 Å². The predicted molar refractivity (Wildman–Crippen MR) is 46.1 cm³/mol. The number of hydrogen-bond donors (Lipinski definition) is 0. The maximum atomic E-state index is 11.3. The zero-order valence-corrected chi connectivity index (χ0v) is 7.43. The highest BCUT2D eigenvalue weighted by molar-refractivity contribution is 6.01. The second-order valence-corrected chi connectivity index (χ2v) is 3.39. The van der Waals surface area contributed by atoms with E-state index in [0.717, 1.165) is 17.7 Å². The first-order valence-corrected chi connectivity index (χ1v) is 4.30. The first-order valence-electron chi connectivity index (χ1n) is 4.30. The number of carbonyl (C=O) groups excluding carboxylic acids is 2. The average Bonchev–Trinajstić information content (AvgIpc) is 2.89. The Morgan fingerprint density at radius 1 is 1.46 bits per heavy atom. The minimum absolute atomic E-state index is 0.0819. The van der Waals surface area contributed by atoms with Gasteiger partial charge in [-0.3, -0.25) is 9.69 Å². The Hall–Kier alpha value is -1.39. The quantitative estimate of drug-likeness (QED) is 0.453. The monoisotopic (exact) mass is 181 g/mol. The third-order valence-electron chi connectivity index (χ3n) is 2.21. The van der Waals surface area contributed by atoms with E-state index in [-0.39, 0.29) is 18.5 Å². The SMILES string of the molecule is CN1C(=O)CN(/N=C/C2CC2)C1=O. The molecule has 0 aromatic rings. The minimum atomic E-state index is -0.332. The van der Waals surface area contributed by atoms with Crippen LogP contribution in [0.15, 0.2) is 5.10 Å². The molecule has 70 valence electrons. The zero-order valence-electron chi connectivity index (χ0n) is 7.43. The van der Waals surface area contributed by atoms with Crippen molar-refractivity contribution in [2.45, 2.75) is 12.8 Å². The van der Waals surface area contributed by atoms with Gasteiger partial charge < -0.3 is 0 Å². The van der Waals surface area contributed by atoms with Crippen molar-refractivity contribution in [2.24, 2.45) is 11.0 Å². The van der Waals surface area contributed by atoms with Gasteiger partial charge in [0.15, 0.2) is 0 Å². The molecule has 13 heavy (non-hydrogen) atoms. The van der Waals surface area contributed by atoms with Crippen molar-refractivity contribution in [3.8, 4) is 0 Å². The van der Waals surface area contributed by atoms with E-state index in [0.29, 0.717) is 5.92 Å². The topological polar surface area (TPSA) is 53.0 Å². The largest absolute Gasteiger partial charge is 0.347 e. The van der Waals surface area contributed by atoms with Gasteiger partial charge in [-0.2, -0.15) is 5.10 Å². The molecule has 1 saturated carbocycles. The minimum Gasteiger partial charge on any atom is -0.272 e. The van der Waals surface area contributed by atoms with Crippen LogP contribution in [0.5, 0.6) is 0 Å². The number of carbonyl (C=O) groups is 2. The molecule has 1 aliphatic carbocycles. The molecule has 0 radical (unpaired) electrons. The summed E-state index contributed by atoms with van der Waals surface area (Å²) in [6.45, 7) is 0.0819. The highest BCUT2D eigenvalue weighted by Crippen LogP contribution is 2.26. The lowest BCUT2D eigenvalue weighted by molar-refractivity contribution is -0.124. The summed E-state index contributed by atoms with van der Waals surface area (Å²) >= 11 is 0. The number of imide groups is 1. The van der Waals surface area contributed by atoms with Crippen LogP contribution in [0.4, 0.5) is 4.79 Å². The van der Waals surface area contributed by atoms with E-state index < -0.39 is 0 Å². The molecule has 1 heterocycles. The van der Waals surface area contributed by atoms with Gasteiger partial charge in [0.1, 0.15) is 6.54 Å². The van der Waals surface area contributed by atoms with Gasteiger partial charge >= 0.3 is 6.03 Å². The molecule has 1 saturated heterocycles. The molecule has 0 spiro atoms. The summed E-state index contributed by atoms with van der Waals surface area (Å²) in [6, 6.07) is -0.332. The summed E-state index contributed by atoms with van der Waals surface area (Å²) < 4.78 is 0. The van der Waals surface area contributed by atoms with Gasteiger partial charge in [-0.05, 0) is 18.8 Å². The van der Waals surface area contributed by atoms with Gasteiger partial charge in [-0.25, -0.2) is 9.80 Å². The molecule has 0 aromatic heterocycles. The Labute approximate surface area is 76.0 Å². The Morgan fingerprint density at radius 3 is 2.62 bits per heavy atom. The van der Waals surface area contributed by atoms with E-state index in [1.807, 2.05) is 0 Å². The van der Waals surface area contributed by atoms with Crippen molar-refractivity contribution in [2.75, 3.05) is 13.6 Å². The summed E-state index contributed by atoms with van der Waals surface area (Å²) in [5.74, 6) is 0.326. The Morgan fingerprint density at radius 2 is 2.15 bits per heavy atom. The van der Waals surface area contributed by atoms with Crippen LogP contribution < -0.4 is 0 Å². The fraction of sp³-hybridized carbons (Fsp3) is 0.625. The Bertz CT molecular complexity index is 283. The fourth-order valence-electron chi connectivity index (χ4n) is 1.09. The molecule has 0 bridgehead atoms. The van der Waals surface area contributed by atoms with Gasteiger partial charge in [0.25, 0.3) is 5.91 Å². The predicted octanol–water partition coefficient (Wildman–Crippen LogP) is 0.276. The van der Waals surface area contributed by atoms with Crippen LogP contribution in [0.2, 0.25) is 0 Å². The van der Waals surface area contributed by atoms with Gasteiger partial charge in [0.2, 0.25) is 0 Å². The number of amides is 3. The van der Waals surface area contributed by atoms with E-state index in [1.165, 1.54) is 12.1 Å². The molecular weight excluding hydrogens is 170 g/mol. The number of rotatable bonds is 2. The lowest BCUT2D eigenvalue weighted by Gasteiger charge is -2.06. The number of hydrogen-bond acceptors (Lipinski definition) is 3. The van der Waals surface area contributed by atoms with Crippen LogP contribution >= 0.6 is 0 Å². The Balaban J connectivity index is 2.00. The lowest BCUT2D eigenvalue weighted by atomic mass is 10.5. The molecule has 2 fully saturated rings. The number of likely N-dealkylation sites (N-methyl/N-ethyl adjacent to an activating group) is 1. The van der Waals surface area contributed by atoms with Crippen LogP contribution in [-0.4, -0.2) is 41.7 Å². The molecule has 5 nitrogen and oxygen atoms in total. The summed E-state index contributed by atoms with van der Waals surface area (Å²) in [7, 11) is 1.47. The lowest BCUT2D eigenvalue weighted by Crippen LogP contribution is -2.27. The van der Waals surface area contributed by atoms with E-state index in [1.54, 1.807) is 6.21 Å². The molecular formula is C8H11N3O2. The van der Waals surface area contributed by atoms with Crippen LogP contribution in [0.3, 0.4) is 0 Å². The standard InChI is InChI=1S/C8H11N3O2/c1-10-7(12)5-11(8(10)13)9-4-6-2-3-6/h4,6H,2-3,5H2,1H3/b9-4+. The van der Waals surface area contributed by atoms with Gasteiger partial charge in [-0.15, -0.1) is 0 Å². The number of nitrogens with zero attached hydrogens (tertiary/aromatic N) is 3. The molecule has 2 aliphatic rings. The molecule has 1 aliphatic heterocycles. The highest BCUT2D eigenvalue weighted by Gasteiger charge is 2.33. The fourth-order valence-corrected chi connectivity index (χ4v) is 1.09. The van der Waals surface area contributed by atoms with Crippen molar-refractivity contribution in [1.29, 1.82) is 0 Å². The van der Waals surface area contributed by atoms with Crippen LogP contribution in [0.1, 0.15) is 12.8 Å². The van der Waals surface area contributed by atoms with Crippen LogP contribution in [0, 0.1) is 5.92 Å². The van der Waals surface area contributed by atoms with Crippen molar-refractivity contribution in [3.63, 3.8) is 0 Å². The first-order chi connectivity index (χ1) is 6.18. The van der Waals surface area contributed by atoms with Crippen LogP contribution in [0.25, 0.3) is 0 Å². The van der Waals surface area contributed by atoms with Crippen LogP contribution in [-0.2, 0) is 4.79 Å². The normalized spacial score (nSPS) is 23.8. The first kappa shape index (κ1) is 8.22. The van der Waals surface area contributed by atoms with E-state index in [4.69, 9.17) is 0 Å². The second-order valence-electron chi connectivity index (χ2n) is 3.39. The highest BCUT2D eigenvalue weighted by atomic mass is 16.2. The molecule has 0 aromatic carbocycles. The molecule has 3 amide bonds. The maximum Gasteiger partial charge on any atom is 0.347 e. The van der Waals surface area contributed by atoms with Gasteiger partial charge in [0.05, 0.1) is 0 Å². The average molecular weight is 181 g/mol.